The molecule has 0 saturated carbocycles. The summed E-state index contributed by atoms with van der Waals surface area (Å²) >= 11 is 0. The summed E-state index contributed by atoms with van der Waals surface area (Å²) in [6.45, 7) is 4.71. The van der Waals surface area contributed by atoms with Crippen LogP contribution in [0.1, 0.15) is 227 Å². The number of rotatable bonds is 37. The quantitative estimate of drug-likeness (QED) is 0.0216. The molecule has 0 fully saturated rings. The van der Waals surface area contributed by atoms with Crippen LogP contribution in [-0.4, -0.2) is 38.1 Å². The molecule has 0 amide bonds. The third-order valence-corrected chi connectivity index (χ3v) is 10.9. The number of benzene rings is 1. The molecule has 0 bridgehead atoms. The van der Waals surface area contributed by atoms with E-state index in [1.807, 2.05) is 0 Å². The summed E-state index contributed by atoms with van der Waals surface area (Å²) in [6, 6.07) is 3.60. The van der Waals surface area contributed by atoms with Crippen LogP contribution in [0.15, 0.2) is 47.4 Å². The van der Waals surface area contributed by atoms with Crippen LogP contribution >= 0.6 is 0 Å². The van der Waals surface area contributed by atoms with Crippen LogP contribution in [0.5, 0.6) is 0 Å². The molecule has 9 heteroatoms. The summed E-state index contributed by atoms with van der Waals surface area (Å²) in [4.78, 5) is 25.2. The largest absolute Gasteiger partial charge is 1.00 e. The normalized spacial score (nSPS) is 11.7. The van der Waals surface area contributed by atoms with Crippen molar-refractivity contribution in [2.24, 2.45) is 0 Å². The van der Waals surface area contributed by atoms with Gasteiger partial charge in [0.1, 0.15) is 10.1 Å². The van der Waals surface area contributed by atoms with Crippen LogP contribution in [0.2, 0.25) is 0 Å². The number of carbonyl (C=O) groups excluding carboxylic acids is 2. The van der Waals surface area contributed by atoms with Crippen LogP contribution < -0.4 is 51.4 Å². The fourth-order valence-corrected chi connectivity index (χ4v) is 7.34. The van der Waals surface area contributed by atoms with Crippen molar-refractivity contribution in [2.45, 2.75) is 211 Å². The maximum Gasteiger partial charge on any atom is 1.00 e. The molecular formula is C46H77KO7S. The minimum absolute atomic E-state index is 0. The summed E-state index contributed by atoms with van der Waals surface area (Å²) in [6.07, 6.45) is 44.8. The van der Waals surface area contributed by atoms with Gasteiger partial charge in [-0.15, -0.1) is 0 Å². The van der Waals surface area contributed by atoms with E-state index in [0.29, 0.717) is 12.8 Å². The van der Waals surface area contributed by atoms with E-state index in [-0.39, 0.29) is 70.2 Å². The number of unbranched alkanes of at least 4 members (excludes halogenated alkanes) is 26. The van der Waals surface area contributed by atoms with Gasteiger partial charge < -0.3 is 14.0 Å². The second-order valence-electron chi connectivity index (χ2n) is 15.0. The van der Waals surface area contributed by atoms with Gasteiger partial charge in [0.05, 0.1) is 29.2 Å². The third-order valence-electron chi connectivity index (χ3n) is 10.00. The van der Waals surface area contributed by atoms with Gasteiger partial charge in [-0.1, -0.05) is 160 Å². The molecule has 1 rings (SSSR count). The van der Waals surface area contributed by atoms with Crippen molar-refractivity contribution >= 4 is 22.1 Å². The van der Waals surface area contributed by atoms with Crippen LogP contribution in [0.4, 0.5) is 0 Å². The Kier molecular flexibility index (Phi) is 38.1. The van der Waals surface area contributed by atoms with Gasteiger partial charge in [-0.2, -0.15) is 0 Å². The van der Waals surface area contributed by atoms with E-state index in [2.05, 4.69) is 38.2 Å². The monoisotopic (exact) mass is 813 g/mol. The predicted molar refractivity (Wildman–Crippen MR) is 223 cm³/mol. The topological polar surface area (TPSA) is 110 Å². The summed E-state index contributed by atoms with van der Waals surface area (Å²) in [5.41, 5.74) is -0.806. The zero-order valence-electron chi connectivity index (χ0n) is 35.4. The summed E-state index contributed by atoms with van der Waals surface area (Å²) < 4.78 is 46.7. The first kappa shape index (κ1) is 54.2. The van der Waals surface area contributed by atoms with Gasteiger partial charge in [0.15, 0.2) is 0 Å². The Bertz CT molecular complexity index is 1240. The molecule has 0 heterocycles. The predicted octanol–water partition coefficient (Wildman–Crippen LogP) is 10.8. The molecule has 0 aliphatic carbocycles. The first-order valence-electron chi connectivity index (χ1n) is 22.1. The molecule has 0 atom stereocenters. The van der Waals surface area contributed by atoms with Gasteiger partial charge in [-0.3, -0.25) is 0 Å². The van der Waals surface area contributed by atoms with Crippen LogP contribution in [0, 0.1) is 0 Å². The molecule has 310 valence electrons. The fraction of sp³-hybridized carbons (Fsp3) is 0.739. The molecule has 0 N–H and O–H groups in total. The molecule has 0 spiro atoms. The van der Waals surface area contributed by atoms with Crippen molar-refractivity contribution in [2.75, 3.05) is 13.2 Å². The summed E-state index contributed by atoms with van der Waals surface area (Å²) in [7, 11) is -5.02. The number of hydrogen-bond donors (Lipinski definition) is 0. The van der Waals surface area contributed by atoms with Crippen LogP contribution in [-0.2, 0) is 19.6 Å². The zero-order chi connectivity index (χ0) is 39.4. The molecule has 0 aliphatic heterocycles. The maximum atomic E-state index is 13.0. The molecule has 0 radical (unpaired) electrons. The number of hydrogen-bond acceptors (Lipinski definition) is 7. The average Bonchev–Trinajstić information content (AvgIpc) is 3.16. The molecule has 0 aliphatic rings. The van der Waals surface area contributed by atoms with E-state index >= 15 is 0 Å². The molecule has 7 nitrogen and oxygen atoms in total. The Morgan fingerprint density at radius 3 is 1.20 bits per heavy atom. The Morgan fingerprint density at radius 1 is 0.509 bits per heavy atom. The number of esters is 2. The van der Waals surface area contributed by atoms with Gasteiger partial charge in [-0.05, 0) is 89.2 Å². The Labute approximate surface area is 380 Å². The third kappa shape index (κ3) is 30.9. The van der Waals surface area contributed by atoms with Crippen molar-refractivity contribution in [3.05, 3.63) is 53.6 Å². The second kappa shape index (κ2) is 38.7. The van der Waals surface area contributed by atoms with Crippen LogP contribution in [0.3, 0.4) is 0 Å². The van der Waals surface area contributed by atoms with Gasteiger partial charge in [-0.25, -0.2) is 18.0 Å². The molecule has 55 heavy (non-hydrogen) atoms. The standard InChI is InChI=1S/C46H78O7S.K/c1-3-5-7-9-11-13-15-17-19-21-23-25-27-29-31-33-35-40-52-45(47)42-38-37-39-43(54(49,50)51)44(42)46(48)53-41-36-34-32-30-28-26-24-22-20-18-16-14-12-10-8-6-4-2;/h25-28,37-39H,3-24,29-36,40-41H2,1-2H3,(H,49,50,51);/q;+1/p-1/b27-25+,28-26+;. The molecule has 1 aromatic rings. The Morgan fingerprint density at radius 2 is 0.836 bits per heavy atom. The second-order valence-corrected chi connectivity index (χ2v) is 16.3. The van der Waals surface area contributed by atoms with E-state index < -0.39 is 32.5 Å². The first-order chi connectivity index (χ1) is 26.3. The Balaban J connectivity index is 0.0000292. The van der Waals surface area contributed by atoms with E-state index in [0.717, 1.165) is 57.4 Å². The molecule has 0 aromatic heterocycles. The van der Waals surface area contributed by atoms with Crippen molar-refractivity contribution in [1.82, 2.24) is 0 Å². The zero-order valence-corrected chi connectivity index (χ0v) is 39.4. The van der Waals surface area contributed by atoms with Gasteiger partial charge in [0.25, 0.3) is 0 Å². The number of carbonyl (C=O) groups is 2. The van der Waals surface area contributed by atoms with E-state index in [4.69, 9.17) is 9.47 Å². The van der Waals surface area contributed by atoms with Crippen molar-refractivity contribution in [3.8, 4) is 0 Å². The molecular weight excluding hydrogens is 736 g/mol. The van der Waals surface area contributed by atoms with Gasteiger partial charge in [0.2, 0.25) is 0 Å². The van der Waals surface area contributed by atoms with E-state index in [1.165, 1.54) is 141 Å². The van der Waals surface area contributed by atoms with E-state index in [9.17, 15) is 22.6 Å². The smallest absolute Gasteiger partial charge is 0.744 e. The fourth-order valence-electron chi connectivity index (χ4n) is 6.65. The number of ether oxygens (including phenoxy) is 2. The SMILES string of the molecule is CCCCCCCCCCCC/C=C/CCCCCOC(=O)c1cccc(S(=O)(=O)[O-])c1C(=O)OCCCCC/C=C/CCCCCCCCCCCC.[K+]. The molecule has 1 aromatic carbocycles. The van der Waals surface area contributed by atoms with Crippen LogP contribution in [0.25, 0.3) is 0 Å². The molecule has 0 unspecified atom stereocenters. The van der Waals surface area contributed by atoms with Crippen molar-refractivity contribution < 1.29 is 83.4 Å². The average molecular weight is 813 g/mol. The first-order valence-corrected chi connectivity index (χ1v) is 23.5. The minimum Gasteiger partial charge on any atom is -0.744 e. The van der Waals surface area contributed by atoms with Gasteiger partial charge >= 0.3 is 63.3 Å². The maximum absolute atomic E-state index is 13.0. The van der Waals surface area contributed by atoms with E-state index in [1.54, 1.807) is 0 Å². The minimum atomic E-state index is -5.02. The molecule has 0 saturated heterocycles. The van der Waals surface area contributed by atoms with Crippen molar-refractivity contribution in [1.29, 1.82) is 0 Å². The Hall–Kier alpha value is -0.814. The number of allylic oxidation sites excluding steroid dienone is 4. The summed E-state index contributed by atoms with van der Waals surface area (Å²) in [5.74, 6) is -1.84. The summed E-state index contributed by atoms with van der Waals surface area (Å²) in [5, 5.41) is 0. The van der Waals surface area contributed by atoms with Crippen molar-refractivity contribution in [3.63, 3.8) is 0 Å². The van der Waals surface area contributed by atoms with Gasteiger partial charge in [0, 0.05) is 0 Å².